The standard InChI is InChI=1S/C9H12O2/c1-3-5-6-7-8-11-9(10)4-2/h3-4,7-8H,1-2,5-6H2. The van der Waals surface area contributed by atoms with E-state index in [4.69, 9.17) is 0 Å². The Morgan fingerprint density at radius 2 is 2.09 bits per heavy atom. The lowest BCUT2D eigenvalue weighted by Gasteiger charge is -1.89. The minimum atomic E-state index is -0.431. The van der Waals surface area contributed by atoms with Gasteiger partial charge in [0, 0.05) is 6.08 Å². The van der Waals surface area contributed by atoms with Crippen molar-refractivity contribution in [1.29, 1.82) is 0 Å². The van der Waals surface area contributed by atoms with Crippen molar-refractivity contribution in [3.8, 4) is 0 Å². The van der Waals surface area contributed by atoms with Crippen molar-refractivity contribution in [2.45, 2.75) is 12.8 Å². The van der Waals surface area contributed by atoms with Gasteiger partial charge >= 0.3 is 5.97 Å². The van der Waals surface area contributed by atoms with Crippen LogP contribution in [0.4, 0.5) is 0 Å². The van der Waals surface area contributed by atoms with Gasteiger partial charge in [0.2, 0.25) is 0 Å². The van der Waals surface area contributed by atoms with E-state index in [1.54, 1.807) is 12.2 Å². The number of hydrogen-bond acceptors (Lipinski definition) is 2. The monoisotopic (exact) mass is 152 g/mol. The van der Waals surface area contributed by atoms with E-state index in [9.17, 15) is 4.79 Å². The van der Waals surface area contributed by atoms with E-state index in [0.717, 1.165) is 18.9 Å². The minimum absolute atomic E-state index is 0.431. The zero-order valence-corrected chi connectivity index (χ0v) is 6.45. The highest BCUT2D eigenvalue weighted by atomic mass is 16.5. The molecule has 0 rings (SSSR count). The summed E-state index contributed by atoms with van der Waals surface area (Å²) in [6.07, 6.45) is 7.80. The molecule has 0 atom stereocenters. The highest BCUT2D eigenvalue weighted by molar-refractivity contribution is 5.81. The average molecular weight is 152 g/mol. The van der Waals surface area contributed by atoms with Crippen molar-refractivity contribution >= 4 is 5.97 Å². The number of rotatable bonds is 5. The Hall–Kier alpha value is -1.31. The van der Waals surface area contributed by atoms with Gasteiger partial charge in [0.05, 0.1) is 6.26 Å². The molecule has 60 valence electrons. The van der Waals surface area contributed by atoms with Crippen LogP contribution >= 0.6 is 0 Å². The molecule has 0 aromatic rings. The van der Waals surface area contributed by atoms with Gasteiger partial charge in [0.25, 0.3) is 0 Å². The van der Waals surface area contributed by atoms with Gasteiger partial charge in [-0.1, -0.05) is 12.7 Å². The zero-order valence-electron chi connectivity index (χ0n) is 6.45. The van der Waals surface area contributed by atoms with Crippen LogP contribution in [0.25, 0.3) is 0 Å². The second kappa shape index (κ2) is 6.81. The van der Waals surface area contributed by atoms with Crippen LogP contribution in [0.3, 0.4) is 0 Å². The van der Waals surface area contributed by atoms with Gasteiger partial charge in [-0.3, -0.25) is 0 Å². The normalized spacial score (nSPS) is 9.45. The van der Waals surface area contributed by atoms with Gasteiger partial charge in [0.1, 0.15) is 0 Å². The first-order valence-electron chi connectivity index (χ1n) is 3.40. The van der Waals surface area contributed by atoms with Crippen LogP contribution in [-0.4, -0.2) is 5.97 Å². The molecule has 0 aromatic heterocycles. The molecule has 0 fully saturated rings. The molecule has 0 aromatic carbocycles. The third-order valence-electron chi connectivity index (χ3n) is 0.985. The predicted molar refractivity (Wildman–Crippen MR) is 44.9 cm³/mol. The molecule has 2 nitrogen and oxygen atoms in total. The van der Waals surface area contributed by atoms with Crippen molar-refractivity contribution < 1.29 is 9.53 Å². The molecule has 0 aliphatic rings. The van der Waals surface area contributed by atoms with Crippen molar-refractivity contribution in [1.82, 2.24) is 0 Å². The van der Waals surface area contributed by atoms with Crippen LogP contribution in [0.5, 0.6) is 0 Å². The van der Waals surface area contributed by atoms with E-state index in [2.05, 4.69) is 17.9 Å². The summed E-state index contributed by atoms with van der Waals surface area (Å²) in [4.78, 5) is 10.4. The molecule has 0 spiro atoms. The lowest BCUT2D eigenvalue weighted by Crippen LogP contribution is -1.91. The zero-order chi connectivity index (χ0) is 8.53. The van der Waals surface area contributed by atoms with Crippen LogP contribution in [0.15, 0.2) is 37.6 Å². The quantitative estimate of drug-likeness (QED) is 0.198. The molecule has 0 bridgehead atoms. The number of ether oxygens (including phenoxy) is 1. The Balaban J connectivity index is 3.36. The average Bonchev–Trinajstić information content (AvgIpc) is 2.04. The first-order valence-corrected chi connectivity index (χ1v) is 3.40. The van der Waals surface area contributed by atoms with E-state index in [1.165, 1.54) is 6.26 Å². The number of unbranched alkanes of at least 4 members (excludes halogenated alkanes) is 1. The smallest absolute Gasteiger partial charge is 0.334 e. The van der Waals surface area contributed by atoms with E-state index in [-0.39, 0.29) is 0 Å². The summed E-state index contributed by atoms with van der Waals surface area (Å²) in [5.41, 5.74) is 0. The topological polar surface area (TPSA) is 26.3 Å². The molecule has 0 amide bonds. The molecular formula is C9H12O2. The van der Waals surface area contributed by atoms with E-state index < -0.39 is 5.97 Å². The number of carbonyl (C=O) groups excluding carboxylic acids is 1. The number of hydrogen-bond donors (Lipinski definition) is 0. The van der Waals surface area contributed by atoms with Crippen LogP contribution < -0.4 is 0 Å². The van der Waals surface area contributed by atoms with Crippen molar-refractivity contribution in [2.75, 3.05) is 0 Å². The summed E-state index contributed by atoms with van der Waals surface area (Å²) in [7, 11) is 0. The van der Waals surface area contributed by atoms with Crippen LogP contribution in [0, 0.1) is 0 Å². The third-order valence-corrected chi connectivity index (χ3v) is 0.985. The maximum absolute atomic E-state index is 10.4. The van der Waals surface area contributed by atoms with Gasteiger partial charge in [-0.15, -0.1) is 6.58 Å². The fourth-order valence-electron chi connectivity index (χ4n) is 0.445. The summed E-state index contributed by atoms with van der Waals surface area (Å²) in [6.45, 7) is 6.80. The largest absolute Gasteiger partial charge is 0.432 e. The molecule has 0 aliphatic carbocycles. The SMILES string of the molecule is C=CCCC=COC(=O)C=C. The summed E-state index contributed by atoms with van der Waals surface area (Å²) in [5.74, 6) is -0.431. The van der Waals surface area contributed by atoms with Crippen molar-refractivity contribution in [3.63, 3.8) is 0 Å². The fraction of sp³-hybridized carbons (Fsp3) is 0.222. The Morgan fingerprint density at radius 3 is 2.64 bits per heavy atom. The van der Waals surface area contributed by atoms with E-state index >= 15 is 0 Å². The first-order chi connectivity index (χ1) is 5.31. The Morgan fingerprint density at radius 1 is 1.36 bits per heavy atom. The number of allylic oxidation sites excluding steroid dienone is 2. The molecule has 0 saturated heterocycles. The first kappa shape index (κ1) is 9.69. The fourth-order valence-corrected chi connectivity index (χ4v) is 0.445. The van der Waals surface area contributed by atoms with Gasteiger partial charge in [-0.2, -0.15) is 0 Å². The second-order valence-corrected chi connectivity index (χ2v) is 1.88. The van der Waals surface area contributed by atoms with Gasteiger partial charge in [-0.25, -0.2) is 4.79 Å². The van der Waals surface area contributed by atoms with Crippen LogP contribution in [0.1, 0.15) is 12.8 Å². The molecule has 0 heterocycles. The predicted octanol–water partition coefficient (Wildman–Crippen LogP) is 2.20. The lowest BCUT2D eigenvalue weighted by molar-refractivity contribution is -0.132. The molecule has 11 heavy (non-hydrogen) atoms. The summed E-state index contributed by atoms with van der Waals surface area (Å²) in [5, 5.41) is 0. The van der Waals surface area contributed by atoms with Crippen molar-refractivity contribution in [2.24, 2.45) is 0 Å². The van der Waals surface area contributed by atoms with Gasteiger partial charge in [0.15, 0.2) is 0 Å². The van der Waals surface area contributed by atoms with Gasteiger partial charge in [-0.05, 0) is 18.9 Å². The maximum Gasteiger partial charge on any atom is 0.334 e. The Labute approximate surface area is 66.9 Å². The maximum atomic E-state index is 10.4. The van der Waals surface area contributed by atoms with E-state index in [0.29, 0.717) is 0 Å². The van der Waals surface area contributed by atoms with Crippen LogP contribution in [0.2, 0.25) is 0 Å². The Bertz CT molecular complexity index is 168. The Kier molecular flexibility index (Phi) is 5.99. The molecule has 2 heteroatoms. The highest BCUT2D eigenvalue weighted by Gasteiger charge is 1.87. The molecule has 0 aliphatic heterocycles. The second-order valence-electron chi connectivity index (χ2n) is 1.88. The van der Waals surface area contributed by atoms with Gasteiger partial charge < -0.3 is 4.74 Å². The van der Waals surface area contributed by atoms with Crippen LogP contribution in [-0.2, 0) is 9.53 Å². The third kappa shape index (κ3) is 6.58. The number of carbonyl (C=O) groups is 1. The summed E-state index contributed by atoms with van der Waals surface area (Å²) < 4.78 is 4.57. The lowest BCUT2D eigenvalue weighted by atomic mass is 10.3. The minimum Gasteiger partial charge on any atom is -0.432 e. The molecule has 0 N–H and O–H groups in total. The molecular weight excluding hydrogens is 140 g/mol. The summed E-state index contributed by atoms with van der Waals surface area (Å²) >= 11 is 0. The molecule has 0 unspecified atom stereocenters. The number of esters is 1. The molecule has 0 radical (unpaired) electrons. The highest BCUT2D eigenvalue weighted by Crippen LogP contribution is 1.91. The molecule has 0 saturated carbocycles. The van der Waals surface area contributed by atoms with Crippen molar-refractivity contribution in [3.05, 3.63) is 37.6 Å². The summed E-state index contributed by atoms with van der Waals surface area (Å²) in [6, 6.07) is 0. The van der Waals surface area contributed by atoms with E-state index in [1.807, 2.05) is 0 Å².